The molecule has 0 aliphatic rings. The summed E-state index contributed by atoms with van der Waals surface area (Å²) in [6.45, 7) is 5.47. The summed E-state index contributed by atoms with van der Waals surface area (Å²) in [7, 11) is 0. The number of aromatic nitrogens is 1. The Bertz CT molecular complexity index is 526. The lowest BCUT2D eigenvalue weighted by atomic mass is 10.1. The van der Waals surface area contributed by atoms with Crippen molar-refractivity contribution in [2.24, 2.45) is 0 Å². The molecule has 2 rings (SSSR count). The van der Waals surface area contributed by atoms with E-state index in [1.165, 1.54) is 12.5 Å². The summed E-state index contributed by atoms with van der Waals surface area (Å²) in [4.78, 5) is 14.0. The van der Waals surface area contributed by atoms with Gasteiger partial charge in [-0.1, -0.05) is 6.07 Å². The second kappa shape index (κ2) is 3.42. The van der Waals surface area contributed by atoms with Gasteiger partial charge in [-0.15, -0.1) is 0 Å². The van der Waals surface area contributed by atoms with Crippen LogP contribution >= 0.6 is 0 Å². The number of aromatic amines is 1. The Hall–Kier alpha value is -1.77. The highest BCUT2D eigenvalue weighted by atomic mass is 16.5. The summed E-state index contributed by atoms with van der Waals surface area (Å²) in [6.07, 6.45) is 1.72. The number of hydrogen-bond acceptors (Lipinski definition) is 2. The maximum Gasteiger partial charge on any atom is 0.308 e. The largest absolute Gasteiger partial charge is 0.424 e. The molecular weight excluding hydrogens is 190 g/mol. The summed E-state index contributed by atoms with van der Waals surface area (Å²) in [5.41, 5.74) is 3.33. The summed E-state index contributed by atoms with van der Waals surface area (Å²) >= 11 is 0. The molecule has 0 saturated carbocycles. The number of carbonyl (C=O) groups excluding carboxylic acids is 1. The van der Waals surface area contributed by atoms with E-state index in [0.29, 0.717) is 5.75 Å². The number of fused-ring (bicyclic) bond motifs is 1. The lowest BCUT2D eigenvalue weighted by Gasteiger charge is -2.04. The van der Waals surface area contributed by atoms with Gasteiger partial charge in [-0.2, -0.15) is 0 Å². The zero-order valence-electron chi connectivity index (χ0n) is 9.05. The van der Waals surface area contributed by atoms with Gasteiger partial charge in [-0.3, -0.25) is 4.79 Å². The van der Waals surface area contributed by atoms with Crippen LogP contribution < -0.4 is 4.74 Å². The molecule has 0 spiro atoms. The van der Waals surface area contributed by atoms with Crippen molar-refractivity contribution in [2.75, 3.05) is 0 Å². The summed E-state index contributed by atoms with van der Waals surface area (Å²) in [6, 6.07) is 4.04. The summed E-state index contributed by atoms with van der Waals surface area (Å²) in [5, 5.41) is 0.991. The highest BCUT2D eigenvalue weighted by molar-refractivity contribution is 5.91. The second-order valence-electron chi connectivity index (χ2n) is 3.68. The molecule has 2 aromatic rings. The van der Waals surface area contributed by atoms with Gasteiger partial charge < -0.3 is 9.72 Å². The molecule has 1 aromatic heterocycles. The predicted molar refractivity (Wildman–Crippen MR) is 59.1 cm³/mol. The van der Waals surface area contributed by atoms with Crippen molar-refractivity contribution in [3.05, 3.63) is 29.5 Å². The fourth-order valence-electron chi connectivity index (χ4n) is 1.70. The Morgan fingerprint density at radius 2 is 2.07 bits per heavy atom. The average molecular weight is 203 g/mol. The summed E-state index contributed by atoms with van der Waals surface area (Å²) in [5.74, 6) is 0.315. The lowest BCUT2D eigenvalue weighted by molar-refractivity contribution is -0.131. The van der Waals surface area contributed by atoms with Crippen LogP contribution in [0.2, 0.25) is 0 Å². The molecule has 78 valence electrons. The Balaban J connectivity index is 2.66. The molecule has 0 saturated heterocycles. The monoisotopic (exact) mass is 203 g/mol. The maximum absolute atomic E-state index is 10.9. The van der Waals surface area contributed by atoms with E-state index in [2.05, 4.69) is 4.98 Å². The van der Waals surface area contributed by atoms with E-state index in [1.54, 1.807) is 6.20 Å². The highest BCUT2D eigenvalue weighted by Gasteiger charge is 2.10. The SMILES string of the molecule is CC(=O)Oc1c[nH]c2ccc(C)c(C)c12. The third kappa shape index (κ3) is 1.61. The first kappa shape index (κ1) is 9.77. The van der Waals surface area contributed by atoms with Crippen molar-refractivity contribution in [1.82, 2.24) is 4.98 Å². The topological polar surface area (TPSA) is 42.1 Å². The minimum Gasteiger partial charge on any atom is -0.424 e. The minimum atomic E-state index is -0.295. The zero-order valence-corrected chi connectivity index (χ0v) is 9.05. The van der Waals surface area contributed by atoms with E-state index in [1.807, 2.05) is 26.0 Å². The number of hydrogen-bond donors (Lipinski definition) is 1. The first-order chi connectivity index (χ1) is 7.09. The van der Waals surface area contributed by atoms with Crippen molar-refractivity contribution in [3.63, 3.8) is 0 Å². The molecule has 0 aliphatic heterocycles. The zero-order chi connectivity index (χ0) is 11.0. The first-order valence-corrected chi connectivity index (χ1v) is 4.85. The standard InChI is InChI=1S/C12H13NO2/c1-7-4-5-10-12(8(7)2)11(6-13-10)15-9(3)14/h4-6,13H,1-3H3. The number of benzene rings is 1. The number of carbonyl (C=O) groups is 1. The molecule has 1 aromatic carbocycles. The van der Waals surface area contributed by atoms with E-state index < -0.39 is 0 Å². The first-order valence-electron chi connectivity index (χ1n) is 4.85. The van der Waals surface area contributed by atoms with E-state index >= 15 is 0 Å². The van der Waals surface area contributed by atoms with Crippen LogP contribution in [0, 0.1) is 13.8 Å². The van der Waals surface area contributed by atoms with E-state index in [0.717, 1.165) is 16.5 Å². The molecule has 0 unspecified atom stereocenters. The van der Waals surface area contributed by atoms with Crippen LogP contribution in [-0.4, -0.2) is 11.0 Å². The molecule has 1 N–H and O–H groups in total. The van der Waals surface area contributed by atoms with Gasteiger partial charge in [0, 0.05) is 24.0 Å². The van der Waals surface area contributed by atoms with Crippen LogP contribution in [0.5, 0.6) is 5.75 Å². The van der Waals surface area contributed by atoms with Gasteiger partial charge in [0.05, 0.1) is 0 Å². The van der Waals surface area contributed by atoms with Crippen LogP contribution in [-0.2, 0) is 4.79 Å². The molecule has 0 amide bonds. The number of rotatable bonds is 1. The van der Waals surface area contributed by atoms with Gasteiger partial charge in [0.25, 0.3) is 0 Å². The van der Waals surface area contributed by atoms with Crippen LogP contribution in [0.15, 0.2) is 18.3 Å². The number of esters is 1. The van der Waals surface area contributed by atoms with Gasteiger partial charge in [0.15, 0.2) is 5.75 Å². The second-order valence-corrected chi connectivity index (χ2v) is 3.68. The quantitative estimate of drug-likeness (QED) is 0.724. The molecule has 0 radical (unpaired) electrons. The van der Waals surface area contributed by atoms with Crippen LogP contribution in [0.4, 0.5) is 0 Å². The van der Waals surface area contributed by atoms with Gasteiger partial charge in [0.1, 0.15) is 0 Å². The van der Waals surface area contributed by atoms with Crippen molar-refractivity contribution >= 4 is 16.9 Å². The van der Waals surface area contributed by atoms with Crippen LogP contribution in [0.3, 0.4) is 0 Å². The molecule has 0 atom stereocenters. The van der Waals surface area contributed by atoms with E-state index in [-0.39, 0.29) is 5.97 Å². The van der Waals surface area contributed by atoms with Crippen molar-refractivity contribution in [1.29, 1.82) is 0 Å². The van der Waals surface area contributed by atoms with Crippen molar-refractivity contribution < 1.29 is 9.53 Å². The summed E-state index contributed by atoms with van der Waals surface area (Å²) < 4.78 is 5.13. The number of ether oxygens (including phenoxy) is 1. The van der Waals surface area contributed by atoms with Crippen LogP contribution in [0.1, 0.15) is 18.1 Å². The molecule has 0 aliphatic carbocycles. The fourth-order valence-corrected chi connectivity index (χ4v) is 1.70. The molecule has 3 nitrogen and oxygen atoms in total. The van der Waals surface area contributed by atoms with Crippen molar-refractivity contribution in [3.8, 4) is 5.75 Å². The fraction of sp³-hybridized carbons (Fsp3) is 0.250. The Morgan fingerprint density at radius 1 is 1.33 bits per heavy atom. The van der Waals surface area contributed by atoms with E-state index in [9.17, 15) is 4.79 Å². The third-order valence-corrected chi connectivity index (χ3v) is 2.59. The minimum absolute atomic E-state index is 0.295. The Morgan fingerprint density at radius 3 is 2.73 bits per heavy atom. The van der Waals surface area contributed by atoms with Gasteiger partial charge in [0.2, 0.25) is 0 Å². The smallest absolute Gasteiger partial charge is 0.308 e. The van der Waals surface area contributed by atoms with Gasteiger partial charge in [-0.25, -0.2) is 0 Å². The number of aryl methyl sites for hydroxylation is 2. The molecular formula is C12H13NO2. The molecule has 1 heterocycles. The highest BCUT2D eigenvalue weighted by Crippen LogP contribution is 2.30. The molecule has 15 heavy (non-hydrogen) atoms. The average Bonchev–Trinajstić information content (AvgIpc) is 2.55. The molecule has 3 heteroatoms. The molecule has 0 fully saturated rings. The van der Waals surface area contributed by atoms with E-state index in [4.69, 9.17) is 4.74 Å². The van der Waals surface area contributed by atoms with Gasteiger partial charge in [-0.05, 0) is 31.0 Å². The normalized spacial score (nSPS) is 10.6. The van der Waals surface area contributed by atoms with Gasteiger partial charge >= 0.3 is 5.97 Å². The number of nitrogens with one attached hydrogen (secondary N) is 1. The van der Waals surface area contributed by atoms with Crippen molar-refractivity contribution in [2.45, 2.75) is 20.8 Å². The van der Waals surface area contributed by atoms with Crippen LogP contribution in [0.25, 0.3) is 10.9 Å². The third-order valence-electron chi connectivity index (χ3n) is 2.59. The Kier molecular flexibility index (Phi) is 2.23. The maximum atomic E-state index is 10.9. The molecule has 0 bridgehead atoms. The predicted octanol–water partition coefficient (Wildman–Crippen LogP) is 2.71. The lowest BCUT2D eigenvalue weighted by Crippen LogP contribution is -2.00. The Labute approximate surface area is 88.1 Å². The number of H-pyrrole nitrogens is 1.